The minimum absolute atomic E-state index is 0.105. The van der Waals surface area contributed by atoms with Crippen LogP contribution >= 0.6 is 15.6 Å². The molecule has 0 amide bonds. The highest BCUT2D eigenvalue weighted by atomic mass is 31.2. The summed E-state index contributed by atoms with van der Waals surface area (Å²) in [6.45, 7) is 9.57. The van der Waals surface area contributed by atoms with Crippen LogP contribution < -0.4 is 0 Å². The molecule has 0 aromatic carbocycles. The second kappa shape index (κ2) is 71.7. The van der Waals surface area contributed by atoms with Crippen LogP contribution in [0.15, 0.2) is 0 Å². The van der Waals surface area contributed by atoms with Gasteiger partial charge in [-0.1, -0.05) is 369 Å². The molecule has 0 aromatic rings. The number of carbonyl (C=O) groups excluding carboxylic acids is 4. The van der Waals surface area contributed by atoms with Crippen LogP contribution in [-0.4, -0.2) is 96.7 Å². The van der Waals surface area contributed by atoms with E-state index in [9.17, 15) is 43.2 Å². The zero-order chi connectivity index (χ0) is 72.8. The van der Waals surface area contributed by atoms with Gasteiger partial charge in [-0.2, -0.15) is 0 Å². The summed E-state index contributed by atoms with van der Waals surface area (Å²) in [6.07, 6.45) is 61.2. The molecule has 0 bridgehead atoms. The number of hydrogen-bond acceptors (Lipinski definition) is 15. The van der Waals surface area contributed by atoms with E-state index >= 15 is 0 Å². The number of phosphoric ester groups is 2. The zero-order valence-corrected chi connectivity index (χ0v) is 66.6. The first kappa shape index (κ1) is 97.1. The van der Waals surface area contributed by atoms with E-state index in [0.717, 1.165) is 102 Å². The second-order valence-corrected chi connectivity index (χ2v) is 32.7. The third kappa shape index (κ3) is 74.1. The summed E-state index contributed by atoms with van der Waals surface area (Å²) in [7, 11) is -9.92. The molecule has 0 saturated heterocycles. The molecule has 0 aliphatic heterocycles. The fourth-order valence-corrected chi connectivity index (χ4v) is 13.9. The van der Waals surface area contributed by atoms with Crippen LogP contribution in [0.4, 0.5) is 0 Å². The Morgan fingerprint density at radius 3 is 0.687 bits per heavy atom. The van der Waals surface area contributed by atoms with Crippen molar-refractivity contribution < 1.29 is 80.2 Å². The van der Waals surface area contributed by atoms with Crippen molar-refractivity contribution in [1.82, 2.24) is 0 Å². The van der Waals surface area contributed by atoms with E-state index in [-0.39, 0.29) is 25.7 Å². The lowest BCUT2D eigenvalue weighted by molar-refractivity contribution is -0.161. The van der Waals surface area contributed by atoms with Gasteiger partial charge in [-0.3, -0.25) is 37.3 Å². The highest BCUT2D eigenvalue weighted by Crippen LogP contribution is 2.45. The molecule has 99 heavy (non-hydrogen) atoms. The van der Waals surface area contributed by atoms with Gasteiger partial charge in [-0.05, 0) is 37.5 Å². The van der Waals surface area contributed by atoms with Crippen molar-refractivity contribution >= 4 is 39.5 Å². The van der Waals surface area contributed by atoms with E-state index < -0.39 is 97.5 Å². The van der Waals surface area contributed by atoms with Gasteiger partial charge >= 0.3 is 39.5 Å². The highest BCUT2D eigenvalue weighted by molar-refractivity contribution is 7.47. The van der Waals surface area contributed by atoms with Gasteiger partial charge in [0.25, 0.3) is 0 Å². The van der Waals surface area contributed by atoms with Crippen LogP contribution in [0.5, 0.6) is 0 Å². The maximum atomic E-state index is 13.1. The molecule has 2 unspecified atom stereocenters. The Labute approximate surface area is 607 Å². The third-order valence-electron chi connectivity index (χ3n) is 18.7. The lowest BCUT2D eigenvalue weighted by Gasteiger charge is -2.21. The van der Waals surface area contributed by atoms with Gasteiger partial charge in [0.15, 0.2) is 12.2 Å². The Morgan fingerprint density at radius 1 is 0.273 bits per heavy atom. The summed E-state index contributed by atoms with van der Waals surface area (Å²) >= 11 is 0. The minimum atomic E-state index is -4.96. The van der Waals surface area contributed by atoms with Crippen LogP contribution in [-0.2, 0) is 65.4 Å². The molecule has 0 rings (SSSR count). The van der Waals surface area contributed by atoms with Crippen molar-refractivity contribution in [2.75, 3.05) is 39.6 Å². The fourth-order valence-electron chi connectivity index (χ4n) is 12.4. The second-order valence-electron chi connectivity index (χ2n) is 29.8. The summed E-state index contributed by atoms with van der Waals surface area (Å²) in [5.41, 5.74) is 0. The average Bonchev–Trinajstić information content (AvgIpc) is 0.963. The molecule has 5 atom stereocenters. The number of unbranched alkanes of at least 4 members (excludes halogenated alkanes) is 49. The Hall–Kier alpha value is -1.94. The predicted molar refractivity (Wildman–Crippen MR) is 405 cm³/mol. The van der Waals surface area contributed by atoms with E-state index in [0.29, 0.717) is 25.7 Å². The molecule has 0 radical (unpaired) electrons. The van der Waals surface area contributed by atoms with Crippen molar-refractivity contribution in [3.05, 3.63) is 0 Å². The summed E-state index contributed by atoms with van der Waals surface area (Å²) in [6, 6.07) is 0. The SMILES string of the molecule is CCCCCCCCCCCCCCCCCCCCC(=O)OC[C@H](COP(=O)(O)OC[C@@H](O)COP(=O)(O)OC[C@@H](COC(=O)CCCCCCCCCCC(C)C)OC(=O)CCCCCCCCCCCC(C)C)OC(=O)CCCCCCCCCCCCCCCCCCCC. The summed E-state index contributed by atoms with van der Waals surface area (Å²) in [5.74, 6) is -0.648. The Balaban J connectivity index is 5.24. The van der Waals surface area contributed by atoms with Crippen molar-refractivity contribution in [1.29, 1.82) is 0 Å². The number of esters is 4. The van der Waals surface area contributed by atoms with Gasteiger partial charge in [0.2, 0.25) is 0 Å². The molecule has 0 aromatic heterocycles. The Bertz CT molecular complexity index is 1910. The van der Waals surface area contributed by atoms with E-state index in [1.165, 1.54) is 238 Å². The maximum absolute atomic E-state index is 13.1. The third-order valence-corrected chi connectivity index (χ3v) is 20.6. The van der Waals surface area contributed by atoms with Crippen LogP contribution in [0, 0.1) is 11.8 Å². The van der Waals surface area contributed by atoms with Crippen LogP contribution in [0.3, 0.4) is 0 Å². The quantitative estimate of drug-likeness (QED) is 0.0222. The Kier molecular flexibility index (Phi) is 70.3. The number of ether oxygens (including phenoxy) is 4. The first-order valence-electron chi connectivity index (χ1n) is 41.5. The maximum Gasteiger partial charge on any atom is 0.472 e. The van der Waals surface area contributed by atoms with Crippen LogP contribution in [0.1, 0.15) is 420 Å². The van der Waals surface area contributed by atoms with Gasteiger partial charge < -0.3 is 33.8 Å². The fraction of sp³-hybridized carbons (Fsp3) is 0.950. The molecule has 588 valence electrons. The van der Waals surface area contributed by atoms with Crippen molar-refractivity contribution in [2.24, 2.45) is 11.8 Å². The molecular formula is C80H156O17P2. The first-order chi connectivity index (χ1) is 47.9. The van der Waals surface area contributed by atoms with E-state index in [1.807, 2.05) is 0 Å². The number of aliphatic hydroxyl groups is 1. The van der Waals surface area contributed by atoms with Gasteiger partial charge in [-0.25, -0.2) is 9.13 Å². The molecule has 0 aliphatic rings. The van der Waals surface area contributed by atoms with Gasteiger partial charge in [0.1, 0.15) is 19.3 Å². The monoisotopic (exact) mass is 1450 g/mol. The van der Waals surface area contributed by atoms with E-state index in [1.54, 1.807) is 0 Å². The minimum Gasteiger partial charge on any atom is -0.462 e. The largest absolute Gasteiger partial charge is 0.472 e. The molecule has 0 heterocycles. The molecular weight excluding hydrogens is 1290 g/mol. The highest BCUT2D eigenvalue weighted by Gasteiger charge is 2.30. The smallest absolute Gasteiger partial charge is 0.462 e. The topological polar surface area (TPSA) is 237 Å². The molecule has 0 fully saturated rings. The lowest BCUT2D eigenvalue weighted by atomic mass is 10.0. The summed E-state index contributed by atoms with van der Waals surface area (Å²) in [5, 5.41) is 10.6. The summed E-state index contributed by atoms with van der Waals surface area (Å²) in [4.78, 5) is 73.0. The standard InChI is InChI=1S/C80H156O17P2/c1-7-9-11-13-15-17-19-21-23-25-27-29-31-33-37-44-50-56-62-77(82)90-68-75(96-79(84)64-58-52-46-38-34-32-30-28-26-24-22-20-18-16-14-12-10-8-2)70-94-98(86,87)92-66-74(81)67-93-99(88,89)95-71-76(69-91-78(83)63-57-51-45-41-40-43-49-55-61-73(5)6)97-80(85)65-59-53-47-39-35-36-42-48-54-60-72(3)4/h72-76,81H,7-71H2,1-6H3,(H,86,87)(H,88,89)/t74-,75-,76-/m1/s1. The number of rotatable bonds is 79. The predicted octanol–water partition coefficient (Wildman–Crippen LogP) is 23.9. The van der Waals surface area contributed by atoms with Crippen molar-refractivity contribution in [3.8, 4) is 0 Å². The molecule has 17 nitrogen and oxygen atoms in total. The summed E-state index contributed by atoms with van der Waals surface area (Å²) < 4.78 is 68.7. The average molecular weight is 1450 g/mol. The molecule has 0 saturated carbocycles. The Morgan fingerprint density at radius 2 is 0.465 bits per heavy atom. The van der Waals surface area contributed by atoms with Crippen LogP contribution in [0.25, 0.3) is 0 Å². The van der Waals surface area contributed by atoms with Crippen molar-refractivity contribution in [2.45, 2.75) is 439 Å². The lowest BCUT2D eigenvalue weighted by Crippen LogP contribution is -2.30. The van der Waals surface area contributed by atoms with Gasteiger partial charge in [0.05, 0.1) is 26.4 Å². The molecule has 3 N–H and O–H groups in total. The zero-order valence-electron chi connectivity index (χ0n) is 64.8. The molecule has 0 aliphatic carbocycles. The number of hydrogen-bond donors (Lipinski definition) is 3. The molecule has 19 heteroatoms. The van der Waals surface area contributed by atoms with Crippen LogP contribution in [0.2, 0.25) is 0 Å². The van der Waals surface area contributed by atoms with E-state index in [4.69, 9.17) is 37.0 Å². The first-order valence-corrected chi connectivity index (χ1v) is 44.5. The van der Waals surface area contributed by atoms with Crippen molar-refractivity contribution in [3.63, 3.8) is 0 Å². The number of aliphatic hydroxyl groups excluding tert-OH is 1. The van der Waals surface area contributed by atoms with E-state index in [2.05, 4.69) is 41.5 Å². The number of phosphoric acid groups is 2. The van der Waals surface area contributed by atoms with Gasteiger partial charge in [-0.15, -0.1) is 0 Å². The molecule has 0 spiro atoms. The van der Waals surface area contributed by atoms with Gasteiger partial charge in [0, 0.05) is 25.7 Å². The normalized spacial score (nSPS) is 13.9. The number of carbonyl (C=O) groups is 4.